The van der Waals surface area contributed by atoms with E-state index in [1.54, 1.807) is 0 Å². The van der Waals surface area contributed by atoms with E-state index in [1.807, 2.05) is 20.8 Å². The van der Waals surface area contributed by atoms with Gasteiger partial charge in [-0.15, -0.1) is 0 Å². The van der Waals surface area contributed by atoms with Crippen molar-refractivity contribution in [1.82, 2.24) is 0 Å². The molecular formula is C10H20O4. The second-order valence-electron chi connectivity index (χ2n) is 2.98. The summed E-state index contributed by atoms with van der Waals surface area (Å²) in [6.45, 7) is 7.03. The van der Waals surface area contributed by atoms with Crippen molar-refractivity contribution in [3.05, 3.63) is 0 Å². The topological polar surface area (TPSA) is 52.6 Å². The second kappa shape index (κ2) is 10.0. The first kappa shape index (κ1) is 15.4. The fourth-order valence-electron chi connectivity index (χ4n) is 0.526. The van der Waals surface area contributed by atoms with E-state index in [2.05, 4.69) is 4.74 Å². The summed E-state index contributed by atoms with van der Waals surface area (Å²) >= 11 is 0. The van der Waals surface area contributed by atoms with E-state index in [4.69, 9.17) is 4.74 Å². The molecule has 0 rings (SSSR count). The molecule has 0 atom stereocenters. The fraction of sp³-hybridized carbons (Fsp3) is 0.800. The Labute approximate surface area is 85.6 Å². The molecule has 0 radical (unpaired) electrons. The molecule has 14 heavy (non-hydrogen) atoms. The van der Waals surface area contributed by atoms with E-state index < -0.39 is 0 Å². The van der Waals surface area contributed by atoms with E-state index in [0.29, 0.717) is 6.42 Å². The van der Waals surface area contributed by atoms with E-state index in [9.17, 15) is 9.59 Å². The summed E-state index contributed by atoms with van der Waals surface area (Å²) in [6, 6.07) is 0. The zero-order valence-corrected chi connectivity index (χ0v) is 9.62. The van der Waals surface area contributed by atoms with Crippen LogP contribution in [0.3, 0.4) is 0 Å². The molecule has 0 spiro atoms. The Morgan fingerprint density at radius 2 is 1.71 bits per heavy atom. The standard InChI is InChI=1S/C7H14O2.C3H6O2/c1-4-5-7(8)9-6(2)3;1-3(4)5-2/h6H,4-5H2,1-3H3;1-2H3. The van der Waals surface area contributed by atoms with Crippen LogP contribution in [0.15, 0.2) is 0 Å². The molecule has 0 aliphatic rings. The van der Waals surface area contributed by atoms with Crippen molar-refractivity contribution in [2.75, 3.05) is 7.11 Å². The van der Waals surface area contributed by atoms with Gasteiger partial charge in [-0.05, 0) is 20.3 Å². The Bertz CT molecular complexity index is 164. The van der Waals surface area contributed by atoms with Gasteiger partial charge in [-0.25, -0.2) is 0 Å². The molecule has 0 fully saturated rings. The third-order valence-electron chi connectivity index (χ3n) is 1.11. The van der Waals surface area contributed by atoms with Gasteiger partial charge in [-0.3, -0.25) is 9.59 Å². The van der Waals surface area contributed by atoms with Crippen LogP contribution in [0.5, 0.6) is 0 Å². The van der Waals surface area contributed by atoms with Crippen LogP contribution in [0.4, 0.5) is 0 Å². The molecule has 0 amide bonds. The van der Waals surface area contributed by atoms with Crippen LogP contribution in [0.2, 0.25) is 0 Å². The molecule has 4 heteroatoms. The predicted molar refractivity (Wildman–Crippen MR) is 53.8 cm³/mol. The Kier molecular flexibility index (Phi) is 11.0. The molecule has 0 aliphatic heterocycles. The molecule has 0 aromatic heterocycles. The highest BCUT2D eigenvalue weighted by molar-refractivity contribution is 5.69. The first-order valence-corrected chi connectivity index (χ1v) is 4.68. The molecule has 0 aromatic carbocycles. The number of methoxy groups -OCH3 is 1. The van der Waals surface area contributed by atoms with Gasteiger partial charge < -0.3 is 9.47 Å². The Balaban J connectivity index is 0. The smallest absolute Gasteiger partial charge is 0.306 e. The molecule has 84 valence electrons. The van der Waals surface area contributed by atoms with Gasteiger partial charge in [-0.1, -0.05) is 6.92 Å². The number of rotatable bonds is 3. The van der Waals surface area contributed by atoms with Gasteiger partial charge >= 0.3 is 11.9 Å². The Morgan fingerprint density at radius 1 is 1.29 bits per heavy atom. The van der Waals surface area contributed by atoms with Crippen LogP contribution < -0.4 is 0 Å². The van der Waals surface area contributed by atoms with Crippen LogP contribution in [-0.4, -0.2) is 25.2 Å². The normalized spacial score (nSPS) is 8.71. The highest BCUT2D eigenvalue weighted by Crippen LogP contribution is 1.94. The zero-order chi connectivity index (χ0) is 11.6. The quantitative estimate of drug-likeness (QED) is 0.659. The summed E-state index contributed by atoms with van der Waals surface area (Å²) in [5.74, 6) is -0.336. The summed E-state index contributed by atoms with van der Waals surface area (Å²) in [5, 5.41) is 0. The van der Waals surface area contributed by atoms with Gasteiger partial charge in [0.25, 0.3) is 0 Å². The van der Waals surface area contributed by atoms with Crippen LogP contribution in [-0.2, 0) is 19.1 Å². The minimum Gasteiger partial charge on any atom is -0.469 e. The molecule has 4 nitrogen and oxygen atoms in total. The molecule has 0 bridgehead atoms. The highest BCUT2D eigenvalue weighted by Gasteiger charge is 2.01. The van der Waals surface area contributed by atoms with Gasteiger partial charge in [0.2, 0.25) is 0 Å². The van der Waals surface area contributed by atoms with E-state index >= 15 is 0 Å². The van der Waals surface area contributed by atoms with Crippen molar-refractivity contribution in [1.29, 1.82) is 0 Å². The molecule has 0 unspecified atom stereocenters. The van der Waals surface area contributed by atoms with Crippen LogP contribution >= 0.6 is 0 Å². The lowest BCUT2D eigenvalue weighted by Gasteiger charge is -2.05. The summed E-state index contributed by atoms with van der Waals surface area (Å²) in [5.41, 5.74) is 0. The number of ether oxygens (including phenoxy) is 2. The molecule has 0 heterocycles. The summed E-state index contributed by atoms with van der Waals surface area (Å²) < 4.78 is 8.96. The first-order chi connectivity index (χ1) is 6.43. The van der Waals surface area contributed by atoms with Gasteiger partial charge in [0, 0.05) is 13.3 Å². The third kappa shape index (κ3) is 17.1. The lowest BCUT2D eigenvalue weighted by atomic mass is 10.3. The number of esters is 2. The van der Waals surface area contributed by atoms with Crippen LogP contribution in [0.1, 0.15) is 40.5 Å². The van der Waals surface area contributed by atoms with Crippen molar-refractivity contribution in [2.24, 2.45) is 0 Å². The van der Waals surface area contributed by atoms with E-state index in [0.717, 1.165) is 6.42 Å². The van der Waals surface area contributed by atoms with Crippen molar-refractivity contribution in [3.63, 3.8) is 0 Å². The Hall–Kier alpha value is -1.06. The third-order valence-corrected chi connectivity index (χ3v) is 1.11. The molecule has 0 saturated heterocycles. The highest BCUT2D eigenvalue weighted by atomic mass is 16.5. The molecule has 0 saturated carbocycles. The number of hydrogen-bond acceptors (Lipinski definition) is 4. The number of carbonyl (C=O) groups is 2. The largest absolute Gasteiger partial charge is 0.469 e. The summed E-state index contributed by atoms with van der Waals surface area (Å²) in [6.07, 6.45) is 1.44. The fourth-order valence-corrected chi connectivity index (χ4v) is 0.526. The number of hydrogen-bond donors (Lipinski definition) is 0. The van der Waals surface area contributed by atoms with Gasteiger partial charge in [-0.2, -0.15) is 0 Å². The Morgan fingerprint density at radius 3 is 1.93 bits per heavy atom. The van der Waals surface area contributed by atoms with Crippen molar-refractivity contribution in [2.45, 2.75) is 46.6 Å². The maximum Gasteiger partial charge on any atom is 0.306 e. The lowest BCUT2D eigenvalue weighted by Crippen LogP contribution is -2.10. The van der Waals surface area contributed by atoms with Crippen molar-refractivity contribution in [3.8, 4) is 0 Å². The van der Waals surface area contributed by atoms with E-state index in [1.165, 1.54) is 14.0 Å². The maximum absolute atomic E-state index is 10.6. The monoisotopic (exact) mass is 204 g/mol. The first-order valence-electron chi connectivity index (χ1n) is 4.68. The molecule has 0 aliphatic carbocycles. The zero-order valence-electron chi connectivity index (χ0n) is 9.62. The molecular weight excluding hydrogens is 184 g/mol. The molecule has 0 aromatic rings. The van der Waals surface area contributed by atoms with Gasteiger partial charge in [0.15, 0.2) is 0 Å². The average molecular weight is 204 g/mol. The van der Waals surface area contributed by atoms with Gasteiger partial charge in [0.05, 0.1) is 13.2 Å². The van der Waals surface area contributed by atoms with Gasteiger partial charge in [0.1, 0.15) is 0 Å². The summed E-state index contributed by atoms with van der Waals surface area (Å²) in [4.78, 5) is 20.2. The predicted octanol–water partition coefficient (Wildman–Crippen LogP) is 1.92. The lowest BCUT2D eigenvalue weighted by molar-refractivity contribution is -0.147. The van der Waals surface area contributed by atoms with Crippen molar-refractivity contribution < 1.29 is 19.1 Å². The molecule has 0 N–H and O–H groups in total. The maximum atomic E-state index is 10.6. The SMILES string of the molecule is CCCC(=O)OC(C)C.COC(C)=O. The second-order valence-corrected chi connectivity index (χ2v) is 2.98. The van der Waals surface area contributed by atoms with E-state index in [-0.39, 0.29) is 18.0 Å². The minimum atomic E-state index is -0.245. The van der Waals surface area contributed by atoms with Crippen LogP contribution in [0, 0.1) is 0 Å². The van der Waals surface area contributed by atoms with Crippen molar-refractivity contribution >= 4 is 11.9 Å². The number of carbonyl (C=O) groups excluding carboxylic acids is 2. The van der Waals surface area contributed by atoms with Crippen LogP contribution in [0.25, 0.3) is 0 Å². The average Bonchev–Trinajstić information content (AvgIpc) is 2.04. The minimum absolute atomic E-state index is 0.0315. The summed E-state index contributed by atoms with van der Waals surface area (Å²) in [7, 11) is 1.35.